The highest BCUT2D eigenvalue weighted by molar-refractivity contribution is 5.87. The molecule has 0 bridgehead atoms. The highest BCUT2D eigenvalue weighted by atomic mass is 16.5. The molecule has 3 N–H and O–H groups in total. The number of carboxylic acid groups (broad SMARTS) is 1. The number of amides is 3. The first kappa shape index (κ1) is 15.6. The number of hydrogen-bond acceptors (Lipinski definition) is 4. The number of carbonyl (C=O) groups is 3. The average molecular weight is 299 g/mol. The number of likely N-dealkylation sites (N-methyl/N-ethyl adjacent to an activating group) is 1. The van der Waals surface area contributed by atoms with Crippen LogP contribution in [0.25, 0.3) is 0 Å². The van der Waals surface area contributed by atoms with E-state index in [-0.39, 0.29) is 25.2 Å². The predicted molar refractivity (Wildman–Crippen MR) is 72.7 cm³/mol. The Morgan fingerprint density at radius 1 is 1.29 bits per heavy atom. The quantitative estimate of drug-likeness (QED) is 0.628. The Balaban J connectivity index is 1.86. The van der Waals surface area contributed by atoms with E-state index in [1.165, 1.54) is 11.9 Å². The van der Waals surface area contributed by atoms with E-state index in [0.29, 0.717) is 0 Å². The van der Waals surface area contributed by atoms with Crippen LogP contribution in [0.5, 0.6) is 0 Å². The van der Waals surface area contributed by atoms with Gasteiger partial charge >= 0.3 is 12.0 Å². The maximum atomic E-state index is 12.1. The Bertz CT molecular complexity index is 438. The molecule has 2 aliphatic rings. The highest BCUT2D eigenvalue weighted by Gasteiger charge is 2.39. The molecule has 1 saturated heterocycles. The average Bonchev–Trinajstić information content (AvgIpc) is 3.09. The summed E-state index contributed by atoms with van der Waals surface area (Å²) in [4.78, 5) is 36.3. The minimum atomic E-state index is -0.989. The minimum absolute atomic E-state index is 0.0926. The molecule has 118 valence electrons. The van der Waals surface area contributed by atoms with E-state index in [4.69, 9.17) is 9.84 Å². The van der Waals surface area contributed by atoms with Gasteiger partial charge in [0.1, 0.15) is 12.0 Å². The highest BCUT2D eigenvalue weighted by Crippen LogP contribution is 2.20. The van der Waals surface area contributed by atoms with Crippen molar-refractivity contribution in [1.82, 2.24) is 15.5 Å². The molecule has 3 atom stereocenters. The summed E-state index contributed by atoms with van der Waals surface area (Å²) in [6.07, 6.45) is 1.96. The molecule has 1 saturated carbocycles. The van der Waals surface area contributed by atoms with Crippen LogP contribution in [0.4, 0.5) is 4.79 Å². The maximum absolute atomic E-state index is 12.1. The van der Waals surface area contributed by atoms with Crippen LogP contribution in [-0.2, 0) is 14.3 Å². The van der Waals surface area contributed by atoms with Crippen molar-refractivity contribution in [3.63, 3.8) is 0 Å². The fourth-order valence-electron chi connectivity index (χ4n) is 2.22. The van der Waals surface area contributed by atoms with Gasteiger partial charge in [0.2, 0.25) is 5.91 Å². The van der Waals surface area contributed by atoms with Gasteiger partial charge in [-0.15, -0.1) is 0 Å². The van der Waals surface area contributed by atoms with Gasteiger partial charge in [0.25, 0.3) is 0 Å². The molecule has 2 rings (SSSR count). The lowest BCUT2D eigenvalue weighted by molar-refractivity contribution is -0.142. The molecule has 0 spiro atoms. The van der Waals surface area contributed by atoms with E-state index in [0.717, 1.165) is 12.8 Å². The van der Waals surface area contributed by atoms with E-state index in [9.17, 15) is 14.4 Å². The number of ether oxygens (including phenoxy) is 1. The van der Waals surface area contributed by atoms with Crippen LogP contribution in [0.3, 0.4) is 0 Å². The van der Waals surface area contributed by atoms with Crippen LogP contribution < -0.4 is 10.6 Å². The molecule has 1 aliphatic carbocycles. The van der Waals surface area contributed by atoms with Crippen molar-refractivity contribution in [2.75, 3.05) is 20.3 Å². The second-order valence-corrected chi connectivity index (χ2v) is 5.61. The first-order chi connectivity index (χ1) is 9.90. The summed E-state index contributed by atoms with van der Waals surface area (Å²) >= 11 is 0. The van der Waals surface area contributed by atoms with Crippen LogP contribution >= 0.6 is 0 Å². The lowest BCUT2D eigenvalue weighted by Gasteiger charge is -2.27. The van der Waals surface area contributed by atoms with E-state index in [2.05, 4.69) is 10.6 Å². The molecule has 21 heavy (non-hydrogen) atoms. The van der Waals surface area contributed by atoms with E-state index in [1.807, 2.05) is 0 Å². The zero-order valence-electron chi connectivity index (χ0n) is 12.2. The van der Waals surface area contributed by atoms with Crippen LogP contribution in [0, 0.1) is 5.92 Å². The standard InChI is InChI=1S/C13H21N3O5/c1-7(11(17)15-8-3-4-8)14-13(20)16(2)10-6-21-5-9(10)12(18)19/h7-10H,3-6H2,1-2H3,(H,14,20)(H,15,17)(H,18,19). The molecule has 2 fully saturated rings. The molecule has 1 aliphatic heterocycles. The zero-order chi connectivity index (χ0) is 15.6. The summed E-state index contributed by atoms with van der Waals surface area (Å²) in [7, 11) is 1.51. The van der Waals surface area contributed by atoms with E-state index < -0.39 is 30.0 Å². The predicted octanol–water partition coefficient (Wildman–Crippen LogP) is -0.605. The van der Waals surface area contributed by atoms with Crippen molar-refractivity contribution >= 4 is 17.9 Å². The molecule has 3 amide bonds. The summed E-state index contributed by atoms with van der Waals surface area (Å²) < 4.78 is 5.13. The van der Waals surface area contributed by atoms with Crippen molar-refractivity contribution in [2.45, 2.75) is 37.9 Å². The Kier molecular flexibility index (Phi) is 4.66. The van der Waals surface area contributed by atoms with Gasteiger partial charge in [-0.1, -0.05) is 0 Å². The molecular weight excluding hydrogens is 278 g/mol. The van der Waals surface area contributed by atoms with Crippen LogP contribution in [-0.4, -0.2) is 66.3 Å². The molecule has 1 heterocycles. The second kappa shape index (κ2) is 6.30. The number of hydrogen-bond donors (Lipinski definition) is 3. The van der Waals surface area contributed by atoms with Crippen molar-refractivity contribution in [3.05, 3.63) is 0 Å². The molecule has 0 aromatic heterocycles. The van der Waals surface area contributed by atoms with E-state index in [1.54, 1.807) is 6.92 Å². The Morgan fingerprint density at radius 2 is 1.95 bits per heavy atom. The number of urea groups is 1. The van der Waals surface area contributed by atoms with Gasteiger partial charge in [-0.2, -0.15) is 0 Å². The maximum Gasteiger partial charge on any atom is 0.318 e. The third kappa shape index (κ3) is 3.84. The summed E-state index contributed by atoms with van der Waals surface area (Å²) in [5.74, 6) is -1.95. The SMILES string of the molecule is CC(NC(=O)N(C)C1COCC1C(=O)O)C(=O)NC1CC1. The molecule has 8 heteroatoms. The fraction of sp³-hybridized carbons (Fsp3) is 0.769. The van der Waals surface area contributed by atoms with Gasteiger partial charge < -0.3 is 25.4 Å². The summed E-state index contributed by atoms with van der Waals surface area (Å²) in [6, 6.07) is -1.43. The third-order valence-electron chi connectivity index (χ3n) is 3.84. The topological polar surface area (TPSA) is 108 Å². The van der Waals surface area contributed by atoms with Crippen molar-refractivity contribution < 1.29 is 24.2 Å². The summed E-state index contributed by atoms with van der Waals surface area (Å²) in [6.45, 7) is 1.88. The van der Waals surface area contributed by atoms with Crippen LogP contribution in [0.15, 0.2) is 0 Å². The zero-order valence-corrected chi connectivity index (χ0v) is 12.2. The second-order valence-electron chi connectivity index (χ2n) is 5.61. The molecule has 3 unspecified atom stereocenters. The Hall–Kier alpha value is -1.83. The number of nitrogens with one attached hydrogen (secondary N) is 2. The Labute approximate surface area is 122 Å². The first-order valence-corrected chi connectivity index (χ1v) is 7.04. The van der Waals surface area contributed by atoms with Crippen molar-refractivity contribution in [2.24, 2.45) is 5.92 Å². The molecular formula is C13H21N3O5. The van der Waals surface area contributed by atoms with Gasteiger partial charge in [-0.3, -0.25) is 9.59 Å². The van der Waals surface area contributed by atoms with Crippen LogP contribution in [0.1, 0.15) is 19.8 Å². The number of rotatable bonds is 5. The van der Waals surface area contributed by atoms with Gasteiger partial charge in [-0.25, -0.2) is 4.79 Å². The van der Waals surface area contributed by atoms with Gasteiger partial charge in [-0.05, 0) is 19.8 Å². The largest absolute Gasteiger partial charge is 0.481 e. The minimum Gasteiger partial charge on any atom is -0.481 e. The summed E-state index contributed by atoms with van der Waals surface area (Å²) in [5, 5.41) is 14.5. The van der Waals surface area contributed by atoms with Crippen LogP contribution in [0.2, 0.25) is 0 Å². The van der Waals surface area contributed by atoms with Gasteiger partial charge in [0.15, 0.2) is 0 Å². The van der Waals surface area contributed by atoms with Gasteiger partial charge in [0.05, 0.1) is 19.3 Å². The molecule has 0 aromatic rings. The number of carboxylic acids is 1. The van der Waals surface area contributed by atoms with Crippen molar-refractivity contribution in [1.29, 1.82) is 0 Å². The summed E-state index contributed by atoms with van der Waals surface area (Å²) in [5.41, 5.74) is 0. The van der Waals surface area contributed by atoms with Gasteiger partial charge in [0, 0.05) is 13.1 Å². The monoisotopic (exact) mass is 299 g/mol. The molecule has 8 nitrogen and oxygen atoms in total. The lowest BCUT2D eigenvalue weighted by Crippen LogP contribution is -2.53. The smallest absolute Gasteiger partial charge is 0.318 e. The fourth-order valence-corrected chi connectivity index (χ4v) is 2.22. The molecule has 0 aromatic carbocycles. The third-order valence-corrected chi connectivity index (χ3v) is 3.84. The van der Waals surface area contributed by atoms with Crippen molar-refractivity contribution in [3.8, 4) is 0 Å². The Morgan fingerprint density at radius 3 is 2.52 bits per heavy atom. The number of nitrogens with zero attached hydrogens (tertiary/aromatic N) is 1. The normalized spacial score (nSPS) is 26.0. The number of aliphatic carboxylic acids is 1. The number of carbonyl (C=O) groups excluding carboxylic acids is 2. The lowest BCUT2D eigenvalue weighted by atomic mass is 10.0. The first-order valence-electron chi connectivity index (χ1n) is 7.04. The molecule has 0 radical (unpaired) electrons. The van der Waals surface area contributed by atoms with E-state index >= 15 is 0 Å².